The van der Waals surface area contributed by atoms with Crippen LogP contribution in [0.4, 0.5) is 0 Å². The summed E-state index contributed by atoms with van der Waals surface area (Å²) in [6.45, 7) is 2.04. The number of carbonyl (C=O) groups excluding carboxylic acids is 3. The molecule has 0 unspecified atom stereocenters. The summed E-state index contributed by atoms with van der Waals surface area (Å²) >= 11 is 6.43. The van der Waals surface area contributed by atoms with Gasteiger partial charge in [-0.3, -0.25) is 14.5 Å². The molecule has 0 radical (unpaired) electrons. The fraction of sp³-hybridized carbons (Fsp3) is 0.368. The topological polar surface area (TPSA) is 89.5 Å². The van der Waals surface area contributed by atoms with Gasteiger partial charge in [0.25, 0.3) is 5.91 Å². The third-order valence-electron chi connectivity index (χ3n) is 4.00. The van der Waals surface area contributed by atoms with Gasteiger partial charge in [-0.15, -0.1) is 0 Å². The predicted molar refractivity (Wildman–Crippen MR) is 107 cm³/mol. The number of amides is 2. The maximum atomic E-state index is 12.5. The lowest BCUT2D eigenvalue weighted by Crippen LogP contribution is -2.48. The molecule has 1 aromatic carbocycles. The third-order valence-corrected chi connectivity index (χ3v) is 5.38. The monoisotopic (exact) mass is 405 g/mol. The highest BCUT2D eigenvalue weighted by Crippen LogP contribution is 2.32. The first-order valence-corrected chi connectivity index (χ1v) is 9.95. The number of thiocarbonyl (C=S) groups is 1. The van der Waals surface area contributed by atoms with E-state index in [2.05, 4.69) is 5.32 Å². The first-order chi connectivity index (χ1) is 12.9. The molecule has 1 aromatic rings. The quantitative estimate of drug-likeness (QED) is 0.497. The Morgan fingerprint density at radius 1 is 1.33 bits per heavy atom. The molecule has 0 spiro atoms. The number of carboxylic acids is 1. The molecule has 0 aliphatic carbocycles. The van der Waals surface area contributed by atoms with Crippen molar-refractivity contribution in [2.45, 2.75) is 38.6 Å². The number of aliphatic carboxylic acids is 1. The zero-order chi connectivity index (χ0) is 19.8. The lowest BCUT2D eigenvalue weighted by molar-refractivity contribution is -0.308. The Hall–Kier alpha value is -2.19. The number of nitrogens with one attached hydrogen (secondary N) is 1. The number of thioether (sulfide) groups is 1. The lowest BCUT2D eigenvalue weighted by Gasteiger charge is -2.20. The normalized spacial score (nSPS) is 16.6. The number of rotatable bonds is 9. The van der Waals surface area contributed by atoms with Crippen LogP contribution in [0.2, 0.25) is 0 Å². The van der Waals surface area contributed by atoms with Crippen molar-refractivity contribution in [2.75, 3.05) is 6.54 Å². The van der Waals surface area contributed by atoms with Crippen molar-refractivity contribution < 1.29 is 19.5 Å². The van der Waals surface area contributed by atoms with Crippen molar-refractivity contribution in [3.8, 4) is 0 Å². The minimum absolute atomic E-state index is 0.0268. The molecule has 1 aliphatic rings. The van der Waals surface area contributed by atoms with Gasteiger partial charge in [0.2, 0.25) is 5.91 Å². The largest absolute Gasteiger partial charge is 0.548 e. The SMILES string of the molecule is CCCC[C@@H](NC(=O)CCN1C(=O)/C(=C\c2ccccc2)SC1=S)C(=O)[O-]. The molecule has 2 rings (SSSR count). The summed E-state index contributed by atoms with van der Waals surface area (Å²) in [5.41, 5.74) is 0.892. The zero-order valence-electron chi connectivity index (χ0n) is 15.0. The predicted octanol–water partition coefficient (Wildman–Crippen LogP) is 1.70. The van der Waals surface area contributed by atoms with Crippen LogP contribution in [-0.4, -0.2) is 39.6 Å². The molecule has 2 amide bonds. The van der Waals surface area contributed by atoms with E-state index in [1.54, 1.807) is 6.08 Å². The number of hydrogen-bond acceptors (Lipinski definition) is 6. The van der Waals surface area contributed by atoms with Gasteiger partial charge in [-0.25, -0.2) is 0 Å². The van der Waals surface area contributed by atoms with Gasteiger partial charge in [-0.05, 0) is 18.1 Å². The average Bonchev–Trinajstić information content (AvgIpc) is 2.90. The molecule has 1 fully saturated rings. The van der Waals surface area contributed by atoms with Crippen molar-refractivity contribution in [3.05, 3.63) is 40.8 Å². The minimum atomic E-state index is -1.30. The van der Waals surface area contributed by atoms with E-state index >= 15 is 0 Å². The van der Waals surface area contributed by atoms with Gasteiger partial charge in [0, 0.05) is 13.0 Å². The molecular formula is C19H21N2O4S2-. The molecule has 0 aromatic heterocycles. The average molecular weight is 406 g/mol. The van der Waals surface area contributed by atoms with Crippen LogP contribution in [0.3, 0.4) is 0 Å². The van der Waals surface area contributed by atoms with E-state index in [9.17, 15) is 19.5 Å². The number of hydrogen-bond donors (Lipinski definition) is 1. The maximum absolute atomic E-state index is 12.5. The Balaban J connectivity index is 1.92. The van der Waals surface area contributed by atoms with E-state index in [0.717, 1.165) is 12.0 Å². The van der Waals surface area contributed by atoms with E-state index in [0.29, 0.717) is 22.1 Å². The van der Waals surface area contributed by atoms with Gasteiger partial charge in [0.15, 0.2) is 0 Å². The first-order valence-electron chi connectivity index (χ1n) is 8.73. The van der Waals surface area contributed by atoms with E-state index in [1.807, 2.05) is 37.3 Å². The third kappa shape index (κ3) is 6.18. The highest BCUT2D eigenvalue weighted by Gasteiger charge is 2.32. The van der Waals surface area contributed by atoms with Crippen molar-refractivity contribution in [3.63, 3.8) is 0 Å². The Morgan fingerprint density at radius 3 is 2.67 bits per heavy atom. The van der Waals surface area contributed by atoms with Gasteiger partial charge >= 0.3 is 0 Å². The summed E-state index contributed by atoms with van der Waals surface area (Å²) in [4.78, 5) is 37.5. The first kappa shape index (κ1) is 21.1. The Morgan fingerprint density at radius 2 is 2.04 bits per heavy atom. The lowest BCUT2D eigenvalue weighted by atomic mass is 10.1. The molecule has 0 saturated carbocycles. The molecular weight excluding hydrogens is 384 g/mol. The van der Waals surface area contributed by atoms with E-state index in [1.165, 1.54) is 16.7 Å². The summed E-state index contributed by atoms with van der Waals surface area (Å²) in [6.07, 6.45) is 3.56. The second-order valence-corrected chi connectivity index (χ2v) is 7.75. The number of unbranched alkanes of at least 4 members (excludes halogenated alkanes) is 1. The van der Waals surface area contributed by atoms with Gasteiger partial charge in [-0.1, -0.05) is 74.1 Å². The Kier molecular flexibility index (Phi) is 7.99. The van der Waals surface area contributed by atoms with Crippen LogP contribution in [0.5, 0.6) is 0 Å². The van der Waals surface area contributed by atoms with Gasteiger partial charge < -0.3 is 15.2 Å². The fourth-order valence-corrected chi connectivity index (χ4v) is 3.84. The zero-order valence-corrected chi connectivity index (χ0v) is 16.6. The van der Waals surface area contributed by atoms with Crippen LogP contribution in [0.15, 0.2) is 35.2 Å². The highest BCUT2D eigenvalue weighted by molar-refractivity contribution is 8.26. The van der Waals surface area contributed by atoms with Crippen LogP contribution in [0.1, 0.15) is 38.2 Å². The van der Waals surface area contributed by atoms with Crippen LogP contribution in [0, 0.1) is 0 Å². The molecule has 27 heavy (non-hydrogen) atoms. The van der Waals surface area contributed by atoms with Crippen LogP contribution < -0.4 is 10.4 Å². The Bertz CT molecular complexity index is 749. The van der Waals surface area contributed by atoms with Crippen molar-refractivity contribution in [2.24, 2.45) is 0 Å². The van der Waals surface area contributed by atoms with E-state index < -0.39 is 17.9 Å². The van der Waals surface area contributed by atoms with Gasteiger partial charge in [0.05, 0.1) is 16.9 Å². The summed E-state index contributed by atoms with van der Waals surface area (Å²) in [5.74, 6) is -1.99. The number of carboxylic acid groups (broad SMARTS) is 1. The minimum Gasteiger partial charge on any atom is -0.548 e. The van der Waals surface area contributed by atoms with Crippen molar-refractivity contribution in [1.29, 1.82) is 0 Å². The number of nitrogens with zero attached hydrogens (tertiary/aromatic N) is 1. The maximum Gasteiger partial charge on any atom is 0.266 e. The van der Waals surface area contributed by atoms with Crippen molar-refractivity contribution in [1.82, 2.24) is 10.2 Å². The Labute approximate surface area is 168 Å². The molecule has 6 nitrogen and oxygen atoms in total. The smallest absolute Gasteiger partial charge is 0.266 e. The van der Waals surface area contributed by atoms with Crippen LogP contribution >= 0.6 is 24.0 Å². The standard InChI is InChI=1S/C19H22N2O4S2/c1-2-3-9-14(18(24)25)20-16(22)10-11-21-17(23)15(27-19(21)26)12-13-7-5-4-6-8-13/h4-8,12,14H,2-3,9-11H2,1H3,(H,20,22)(H,24,25)/p-1/b15-12+/t14-/m1/s1. The summed E-state index contributed by atoms with van der Waals surface area (Å²) < 4.78 is 0.386. The molecule has 1 atom stereocenters. The van der Waals surface area contributed by atoms with E-state index in [4.69, 9.17) is 12.2 Å². The molecule has 144 valence electrons. The second kappa shape index (κ2) is 10.2. The summed E-state index contributed by atoms with van der Waals surface area (Å²) in [7, 11) is 0. The molecule has 8 heteroatoms. The summed E-state index contributed by atoms with van der Waals surface area (Å²) in [5, 5.41) is 13.6. The molecule has 1 N–H and O–H groups in total. The molecule has 0 bridgehead atoms. The number of carbonyl (C=O) groups is 3. The van der Waals surface area contributed by atoms with Gasteiger partial charge in [0.1, 0.15) is 4.32 Å². The highest BCUT2D eigenvalue weighted by atomic mass is 32.2. The van der Waals surface area contributed by atoms with Crippen molar-refractivity contribution >= 4 is 52.2 Å². The molecule has 1 aliphatic heterocycles. The molecule has 1 heterocycles. The van der Waals surface area contributed by atoms with Gasteiger partial charge in [-0.2, -0.15) is 0 Å². The molecule has 1 saturated heterocycles. The fourth-order valence-electron chi connectivity index (χ4n) is 2.53. The number of benzene rings is 1. The second-order valence-electron chi connectivity index (χ2n) is 6.08. The summed E-state index contributed by atoms with van der Waals surface area (Å²) in [6, 6.07) is 8.40. The van der Waals surface area contributed by atoms with Crippen LogP contribution in [-0.2, 0) is 14.4 Å². The van der Waals surface area contributed by atoms with E-state index in [-0.39, 0.29) is 18.9 Å². The van der Waals surface area contributed by atoms with Crippen LogP contribution in [0.25, 0.3) is 6.08 Å².